The van der Waals surface area contributed by atoms with Crippen LogP contribution in [0.1, 0.15) is 33.6 Å². The van der Waals surface area contributed by atoms with E-state index >= 15 is 0 Å². The van der Waals surface area contributed by atoms with Crippen LogP contribution in [0, 0.1) is 5.92 Å². The maximum absolute atomic E-state index is 3.76. The van der Waals surface area contributed by atoms with Crippen LogP contribution in [0.2, 0.25) is 0 Å². The zero-order valence-electron chi connectivity index (χ0n) is 13.3. The Labute approximate surface area is 132 Å². The van der Waals surface area contributed by atoms with Crippen LogP contribution in [0.25, 0.3) is 10.1 Å². The number of nitrogens with zero attached hydrogens (tertiary/aromatic N) is 1. The SMILES string of the molecule is CCC(C)C1CN(c2ccc3sccc3c2)C(CC)CN1. The van der Waals surface area contributed by atoms with Crippen molar-refractivity contribution in [3.05, 3.63) is 29.6 Å². The van der Waals surface area contributed by atoms with E-state index in [0.29, 0.717) is 12.1 Å². The molecule has 3 atom stereocenters. The minimum absolute atomic E-state index is 0.607. The first-order chi connectivity index (χ1) is 10.2. The van der Waals surface area contributed by atoms with Crippen LogP contribution < -0.4 is 10.2 Å². The van der Waals surface area contributed by atoms with Gasteiger partial charge in [-0.25, -0.2) is 0 Å². The van der Waals surface area contributed by atoms with Gasteiger partial charge in [0.05, 0.1) is 0 Å². The predicted octanol–water partition coefficient (Wildman–Crippen LogP) is 4.50. The Bertz CT molecular complexity index is 592. The molecule has 2 nitrogen and oxygen atoms in total. The van der Waals surface area contributed by atoms with Crippen LogP contribution >= 0.6 is 11.3 Å². The van der Waals surface area contributed by atoms with Crippen molar-refractivity contribution in [1.29, 1.82) is 0 Å². The fraction of sp³-hybridized carbons (Fsp3) is 0.556. The lowest BCUT2D eigenvalue weighted by molar-refractivity contribution is 0.306. The number of fused-ring (bicyclic) bond motifs is 1. The summed E-state index contributed by atoms with van der Waals surface area (Å²) in [4.78, 5) is 2.63. The predicted molar refractivity (Wildman–Crippen MR) is 94.5 cm³/mol. The Kier molecular flexibility index (Phi) is 4.51. The molecule has 0 spiro atoms. The first kappa shape index (κ1) is 14.9. The van der Waals surface area contributed by atoms with Crippen molar-refractivity contribution in [3.8, 4) is 0 Å². The lowest BCUT2D eigenvalue weighted by Crippen LogP contribution is -2.58. The monoisotopic (exact) mass is 302 g/mol. The summed E-state index contributed by atoms with van der Waals surface area (Å²) in [7, 11) is 0. The second-order valence-electron chi connectivity index (χ2n) is 6.26. The normalized spacial score (nSPS) is 24.4. The summed E-state index contributed by atoms with van der Waals surface area (Å²) in [6.45, 7) is 9.19. The third-order valence-electron chi connectivity index (χ3n) is 5.02. The summed E-state index contributed by atoms with van der Waals surface area (Å²) < 4.78 is 1.39. The number of piperazine rings is 1. The average molecular weight is 302 g/mol. The van der Waals surface area contributed by atoms with Gasteiger partial charge < -0.3 is 10.2 Å². The summed E-state index contributed by atoms with van der Waals surface area (Å²) in [6, 6.07) is 10.4. The largest absolute Gasteiger partial charge is 0.366 e. The highest BCUT2D eigenvalue weighted by Crippen LogP contribution is 2.29. The molecule has 2 heterocycles. The van der Waals surface area contributed by atoms with Gasteiger partial charge in [-0.2, -0.15) is 0 Å². The Balaban J connectivity index is 1.87. The molecule has 1 fully saturated rings. The Morgan fingerprint density at radius 1 is 1.33 bits per heavy atom. The first-order valence-corrected chi connectivity index (χ1v) is 9.08. The van der Waals surface area contributed by atoms with E-state index in [1.807, 2.05) is 11.3 Å². The van der Waals surface area contributed by atoms with E-state index in [-0.39, 0.29) is 0 Å². The molecule has 1 N–H and O–H groups in total. The van der Waals surface area contributed by atoms with E-state index in [2.05, 4.69) is 60.6 Å². The Morgan fingerprint density at radius 3 is 2.95 bits per heavy atom. The van der Waals surface area contributed by atoms with Gasteiger partial charge in [0.2, 0.25) is 0 Å². The van der Waals surface area contributed by atoms with Crippen LogP contribution in [-0.2, 0) is 0 Å². The topological polar surface area (TPSA) is 15.3 Å². The molecule has 0 saturated carbocycles. The highest BCUT2D eigenvalue weighted by molar-refractivity contribution is 7.17. The summed E-state index contributed by atoms with van der Waals surface area (Å²) in [5, 5.41) is 7.33. The van der Waals surface area contributed by atoms with Gasteiger partial charge in [0.15, 0.2) is 0 Å². The lowest BCUT2D eigenvalue weighted by atomic mass is 9.94. The van der Waals surface area contributed by atoms with Gasteiger partial charge in [-0.05, 0) is 47.4 Å². The molecule has 1 aromatic heterocycles. The molecule has 114 valence electrons. The second kappa shape index (κ2) is 6.37. The molecular weight excluding hydrogens is 276 g/mol. The van der Waals surface area contributed by atoms with Crippen LogP contribution in [0.15, 0.2) is 29.6 Å². The van der Waals surface area contributed by atoms with Gasteiger partial charge in [0.25, 0.3) is 0 Å². The third kappa shape index (κ3) is 2.95. The van der Waals surface area contributed by atoms with Gasteiger partial charge in [-0.1, -0.05) is 27.2 Å². The van der Waals surface area contributed by atoms with Crippen molar-refractivity contribution in [2.75, 3.05) is 18.0 Å². The number of benzene rings is 1. The summed E-state index contributed by atoms with van der Waals surface area (Å²) >= 11 is 1.83. The van der Waals surface area contributed by atoms with Gasteiger partial charge in [0.1, 0.15) is 0 Å². The third-order valence-corrected chi connectivity index (χ3v) is 5.92. The molecule has 0 aliphatic carbocycles. The molecule has 3 heteroatoms. The van der Waals surface area contributed by atoms with Crippen LogP contribution in [0.5, 0.6) is 0 Å². The number of rotatable bonds is 4. The van der Waals surface area contributed by atoms with E-state index in [0.717, 1.165) is 19.0 Å². The van der Waals surface area contributed by atoms with E-state index in [1.54, 1.807) is 0 Å². The van der Waals surface area contributed by atoms with Crippen LogP contribution in [0.4, 0.5) is 5.69 Å². The number of nitrogens with one attached hydrogen (secondary N) is 1. The molecule has 0 amide bonds. The zero-order chi connectivity index (χ0) is 14.8. The highest BCUT2D eigenvalue weighted by atomic mass is 32.1. The van der Waals surface area contributed by atoms with Crippen molar-refractivity contribution >= 4 is 27.1 Å². The maximum atomic E-state index is 3.76. The molecule has 1 aliphatic heterocycles. The quantitative estimate of drug-likeness (QED) is 0.894. The van der Waals surface area contributed by atoms with E-state index in [1.165, 1.54) is 28.6 Å². The van der Waals surface area contributed by atoms with Crippen molar-refractivity contribution < 1.29 is 0 Å². The molecule has 1 aromatic carbocycles. The number of thiophene rings is 1. The molecule has 3 rings (SSSR count). The number of hydrogen-bond acceptors (Lipinski definition) is 3. The first-order valence-electron chi connectivity index (χ1n) is 8.20. The molecule has 0 bridgehead atoms. The van der Waals surface area contributed by atoms with Crippen molar-refractivity contribution in [2.45, 2.75) is 45.7 Å². The summed E-state index contributed by atoms with van der Waals surface area (Å²) in [6.07, 6.45) is 2.44. The molecule has 3 unspecified atom stereocenters. The minimum atomic E-state index is 0.607. The molecule has 0 radical (unpaired) electrons. The number of hydrogen-bond donors (Lipinski definition) is 1. The second-order valence-corrected chi connectivity index (χ2v) is 7.21. The fourth-order valence-corrected chi connectivity index (χ4v) is 4.07. The summed E-state index contributed by atoms with van der Waals surface area (Å²) in [5.74, 6) is 0.732. The van der Waals surface area contributed by atoms with Gasteiger partial charge >= 0.3 is 0 Å². The Morgan fingerprint density at radius 2 is 2.19 bits per heavy atom. The van der Waals surface area contributed by atoms with E-state index in [4.69, 9.17) is 0 Å². The maximum Gasteiger partial charge on any atom is 0.0412 e. The highest BCUT2D eigenvalue weighted by Gasteiger charge is 2.29. The van der Waals surface area contributed by atoms with Gasteiger partial charge in [-0.3, -0.25) is 0 Å². The molecule has 2 aromatic rings. The van der Waals surface area contributed by atoms with Crippen LogP contribution in [-0.4, -0.2) is 25.2 Å². The van der Waals surface area contributed by atoms with Gasteiger partial charge in [-0.15, -0.1) is 11.3 Å². The standard InChI is InChI=1S/C18H26N2S/c1-4-13(3)17-12-20(15(5-2)11-19-17)16-6-7-18-14(10-16)8-9-21-18/h6-10,13,15,17,19H,4-5,11-12H2,1-3H3. The van der Waals surface area contributed by atoms with E-state index < -0.39 is 0 Å². The molecule has 1 aliphatic rings. The Hall–Kier alpha value is -1.06. The summed E-state index contributed by atoms with van der Waals surface area (Å²) in [5.41, 5.74) is 1.39. The number of anilines is 1. The van der Waals surface area contributed by atoms with Crippen molar-refractivity contribution in [1.82, 2.24) is 5.32 Å². The molecule has 1 saturated heterocycles. The van der Waals surface area contributed by atoms with Crippen molar-refractivity contribution in [3.63, 3.8) is 0 Å². The van der Waals surface area contributed by atoms with Crippen molar-refractivity contribution in [2.24, 2.45) is 5.92 Å². The molecular formula is C18H26N2S. The zero-order valence-corrected chi connectivity index (χ0v) is 14.1. The lowest BCUT2D eigenvalue weighted by Gasteiger charge is -2.43. The smallest absolute Gasteiger partial charge is 0.0412 e. The van der Waals surface area contributed by atoms with Crippen LogP contribution in [0.3, 0.4) is 0 Å². The minimum Gasteiger partial charge on any atom is -0.366 e. The van der Waals surface area contributed by atoms with E-state index in [9.17, 15) is 0 Å². The molecule has 21 heavy (non-hydrogen) atoms. The van der Waals surface area contributed by atoms with Gasteiger partial charge in [0, 0.05) is 35.6 Å². The average Bonchev–Trinajstić information content (AvgIpc) is 3.01. The fourth-order valence-electron chi connectivity index (χ4n) is 3.30.